The first-order valence-corrected chi connectivity index (χ1v) is 6.06. The molecule has 1 atom stereocenters. The van der Waals surface area contributed by atoms with Crippen molar-refractivity contribution in [1.29, 1.82) is 0 Å². The van der Waals surface area contributed by atoms with E-state index in [4.69, 9.17) is 0 Å². The predicted molar refractivity (Wildman–Crippen MR) is 69.1 cm³/mol. The van der Waals surface area contributed by atoms with E-state index in [-0.39, 0.29) is 12.0 Å². The molecule has 4 nitrogen and oxygen atoms in total. The van der Waals surface area contributed by atoms with Gasteiger partial charge < -0.3 is 4.74 Å². The summed E-state index contributed by atoms with van der Waals surface area (Å²) in [5, 5.41) is 6.12. The number of rotatable bonds is 2. The Balaban J connectivity index is 2.29. The third-order valence-electron chi connectivity index (χ3n) is 2.82. The van der Waals surface area contributed by atoms with Crippen LogP contribution < -0.4 is 0 Å². The lowest BCUT2D eigenvalue weighted by Crippen LogP contribution is -2.14. The second kappa shape index (κ2) is 4.87. The van der Waals surface area contributed by atoms with Gasteiger partial charge in [-0.05, 0) is 17.7 Å². The average Bonchev–Trinajstić information content (AvgIpc) is 2.74. The summed E-state index contributed by atoms with van der Waals surface area (Å²) < 4.78 is 5.59. The van der Waals surface area contributed by atoms with Gasteiger partial charge in [-0.15, -0.1) is 0 Å². The standard InChI is InChI=1S/C12H13BrN2O2/c1-15-11(5-6-14-15)9-4-3-8(7-10(9)13)12(16)17-2/h3-4,6-7,11H,5H2,1-2H3. The number of hydrazone groups is 1. The number of nitrogens with zero attached hydrogens (tertiary/aromatic N) is 2. The Bertz CT molecular complexity index is 474. The maximum Gasteiger partial charge on any atom is 0.337 e. The molecule has 1 aliphatic rings. The van der Waals surface area contributed by atoms with E-state index < -0.39 is 0 Å². The van der Waals surface area contributed by atoms with Crippen LogP contribution in [0.5, 0.6) is 0 Å². The smallest absolute Gasteiger partial charge is 0.337 e. The lowest BCUT2D eigenvalue weighted by Gasteiger charge is -2.20. The van der Waals surface area contributed by atoms with E-state index in [1.54, 1.807) is 12.1 Å². The first-order valence-electron chi connectivity index (χ1n) is 5.26. The van der Waals surface area contributed by atoms with Crippen LogP contribution in [-0.4, -0.2) is 31.4 Å². The van der Waals surface area contributed by atoms with E-state index >= 15 is 0 Å². The van der Waals surface area contributed by atoms with Crippen LogP contribution in [0.15, 0.2) is 27.8 Å². The van der Waals surface area contributed by atoms with Crippen LogP contribution in [0.3, 0.4) is 0 Å². The van der Waals surface area contributed by atoms with Gasteiger partial charge in [0.05, 0.1) is 18.7 Å². The summed E-state index contributed by atoms with van der Waals surface area (Å²) >= 11 is 3.49. The number of carbonyl (C=O) groups excluding carboxylic acids is 1. The van der Waals surface area contributed by atoms with E-state index in [2.05, 4.69) is 25.8 Å². The molecule has 0 aliphatic carbocycles. The van der Waals surface area contributed by atoms with Crippen molar-refractivity contribution >= 4 is 28.1 Å². The van der Waals surface area contributed by atoms with Gasteiger partial charge >= 0.3 is 5.97 Å². The molecule has 1 aromatic rings. The van der Waals surface area contributed by atoms with Gasteiger partial charge in [0.25, 0.3) is 0 Å². The van der Waals surface area contributed by atoms with Crippen LogP contribution in [0.25, 0.3) is 0 Å². The van der Waals surface area contributed by atoms with E-state index in [9.17, 15) is 4.79 Å². The SMILES string of the molecule is COC(=O)c1ccc(C2CC=NN2C)c(Br)c1. The van der Waals surface area contributed by atoms with Crippen molar-refractivity contribution in [1.82, 2.24) is 5.01 Å². The molecule has 0 fully saturated rings. The lowest BCUT2D eigenvalue weighted by molar-refractivity contribution is 0.0600. The zero-order valence-corrected chi connectivity index (χ0v) is 11.3. The van der Waals surface area contributed by atoms with Crippen LogP contribution in [0, 0.1) is 0 Å². The van der Waals surface area contributed by atoms with Crippen molar-refractivity contribution in [3.8, 4) is 0 Å². The van der Waals surface area contributed by atoms with Crippen molar-refractivity contribution in [2.75, 3.05) is 14.2 Å². The van der Waals surface area contributed by atoms with Crippen LogP contribution in [-0.2, 0) is 4.74 Å². The molecule has 0 spiro atoms. The molecule has 0 N–H and O–H groups in total. The number of methoxy groups -OCH3 is 1. The summed E-state index contributed by atoms with van der Waals surface area (Å²) in [4.78, 5) is 11.4. The number of ether oxygens (including phenoxy) is 1. The van der Waals surface area contributed by atoms with Crippen molar-refractivity contribution in [3.05, 3.63) is 33.8 Å². The fraction of sp³-hybridized carbons (Fsp3) is 0.333. The first-order chi connectivity index (χ1) is 8.13. The quantitative estimate of drug-likeness (QED) is 0.788. The van der Waals surface area contributed by atoms with Crippen molar-refractivity contribution < 1.29 is 9.53 Å². The van der Waals surface area contributed by atoms with Gasteiger partial charge in [-0.2, -0.15) is 5.10 Å². The Kier molecular flexibility index (Phi) is 3.47. The molecular formula is C12H13BrN2O2. The predicted octanol–water partition coefficient (Wildman–Crippen LogP) is 2.60. The zero-order valence-electron chi connectivity index (χ0n) is 9.68. The normalized spacial score (nSPS) is 18.5. The number of esters is 1. The van der Waals surface area contributed by atoms with Gasteiger partial charge in [-0.1, -0.05) is 22.0 Å². The molecule has 1 aromatic carbocycles. The summed E-state index contributed by atoms with van der Waals surface area (Å²) in [6.07, 6.45) is 2.78. The summed E-state index contributed by atoms with van der Waals surface area (Å²) in [5.74, 6) is -0.326. The molecule has 0 amide bonds. The average molecular weight is 297 g/mol. The molecule has 1 unspecified atom stereocenters. The topological polar surface area (TPSA) is 41.9 Å². The molecule has 0 saturated carbocycles. The molecule has 90 valence electrons. The summed E-state index contributed by atoms with van der Waals surface area (Å²) in [6, 6.07) is 5.73. The van der Waals surface area contributed by atoms with E-state index in [0.717, 1.165) is 16.5 Å². The van der Waals surface area contributed by atoms with Gasteiger partial charge in [0.2, 0.25) is 0 Å². The molecule has 0 bridgehead atoms. The maximum absolute atomic E-state index is 11.4. The molecule has 0 saturated heterocycles. The number of benzene rings is 1. The van der Waals surface area contributed by atoms with Crippen molar-refractivity contribution in [2.24, 2.45) is 5.10 Å². The number of hydrogen-bond acceptors (Lipinski definition) is 4. The van der Waals surface area contributed by atoms with Gasteiger partial charge in [0.15, 0.2) is 0 Å². The summed E-state index contributed by atoms with van der Waals surface area (Å²) in [6.45, 7) is 0. The van der Waals surface area contributed by atoms with Gasteiger partial charge in [-0.3, -0.25) is 5.01 Å². The van der Waals surface area contributed by atoms with E-state index in [1.807, 2.05) is 24.3 Å². The summed E-state index contributed by atoms with van der Waals surface area (Å²) in [5.41, 5.74) is 1.67. The molecule has 1 aliphatic heterocycles. The highest BCUT2D eigenvalue weighted by molar-refractivity contribution is 9.10. The van der Waals surface area contributed by atoms with Gasteiger partial charge in [0.1, 0.15) is 0 Å². The molecule has 2 rings (SSSR count). The fourth-order valence-corrected chi connectivity index (χ4v) is 2.52. The highest BCUT2D eigenvalue weighted by Crippen LogP contribution is 2.32. The Hall–Kier alpha value is -1.36. The molecule has 5 heteroatoms. The van der Waals surface area contributed by atoms with Crippen LogP contribution >= 0.6 is 15.9 Å². The summed E-state index contributed by atoms with van der Waals surface area (Å²) in [7, 11) is 3.32. The highest BCUT2D eigenvalue weighted by Gasteiger charge is 2.22. The number of halogens is 1. The number of hydrogen-bond donors (Lipinski definition) is 0. The highest BCUT2D eigenvalue weighted by atomic mass is 79.9. The second-order valence-corrected chi connectivity index (χ2v) is 4.71. The third kappa shape index (κ3) is 2.34. The van der Waals surface area contributed by atoms with E-state index in [0.29, 0.717) is 5.56 Å². The maximum atomic E-state index is 11.4. The monoisotopic (exact) mass is 296 g/mol. The molecule has 1 heterocycles. The zero-order chi connectivity index (χ0) is 12.4. The second-order valence-electron chi connectivity index (χ2n) is 3.85. The Morgan fingerprint density at radius 2 is 2.35 bits per heavy atom. The van der Waals surface area contributed by atoms with Crippen molar-refractivity contribution in [2.45, 2.75) is 12.5 Å². The molecule has 0 radical (unpaired) electrons. The van der Waals surface area contributed by atoms with E-state index in [1.165, 1.54) is 7.11 Å². The first kappa shape index (κ1) is 12.1. The van der Waals surface area contributed by atoms with Gasteiger partial charge in [0, 0.05) is 24.2 Å². The van der Waals surface area contributed by atoms with Crippen LogP contribution in [0.1, 0.15) is 28.4 Å². The molecule has 17 heavy (non-hydrogen) atoms. The Morgan fingerprint density at radius 3 is 2.88 bits per heavy atom. The largest absolute Gasteiger partial charge is 0.465 e. The number of carbonyl (C=O) groups is 1. The van der Waals surface area contributed by atoms with Crippen LogP contribution in [0.4, 0.5) is 0 Å². The van der Waals surface area contributed by atoms with Crippen LogP contribution in [0.2, 0.25) is 0 Å². The van der Waals surface area contributed by atoms with Crippen molar-refractivity contribution in [3.63, 3.8) is 0 Å². The third-order valence-corrected chi connectivity index (χ3v) is 3.51. The molecule has 0 aromatic heterocycles. The lowest BCUT2D eigenvalue weighted by atomic mass is 10.0. The minimum absolute atomic E-state index is 0.232. The fourth-order valence-electron chi connectivity index (χ4n) is 1.88. The Morgan fingerprint density at radius 1 is 1.59 bits per heavy atom. The minimum atomic E-state index is -0.326. The Labute approximate surface area is 108 Å². The minimum Gasteiger partial charge on any atom is -0.465 e. The van der Waals surface area contributed by atoms with Gasteiger partial charge in [-0.25, -0.2) is 4.79 Å². The molecular weight excluding hydrogens is 284 g/mol.